The molecule has 47 heavy (non-hydrogen) atoms. The molecular formula is C35H45N5O6S. The van der Waals surface area contributed by atoms with Crippen LogP contribution in [0.5, 0.6) is 5.88 Å². The first-order valence-electron chi connectivity index (χ1n) is 16.1. The van der Waals surface area contributed by atoms with Gasteiger partial charge in [-0.3, -0.25) is 4.79 Å². The zero-order chi connectivity index (χ0) is 34.1. The minimum absolute atomic E-state index is 0.0699. The van der Waals surface area contributed by atoms with Gasteiger partial charge in [-0.2, -0.15) is 4.98 Å². The standard InChI is InChI=1S/C35H45N5O6S/c1-21(2)14-27-20-45-30-18-29(31-22(3)10-8-11-23(31)4)37-33(38-30)39-47(43,44)28-13-9-12-25(17-28)32(41)40(27)26-15-24(16-26)19-36-34(42)46-35(5,6)7/h8-13,17-18,21,24,26-27H,14-16,19-20H2,1-7H3,(H,36,42)(H,37,38,39)/t24?,26?,27-/m1/s1. The predicted octanol–water partition coefficient (Wildman–Crippen LogP) is 6.11. The van der Waals surface area contributed by atoms with E-state index in [0.717, 1.165) is 16.7 Å². The van der Waals surface area contributed by atoms with Gasteiger partial charge in [0.2, 0.25) is 11.8 Å². The number of hydrogen-bond acceptors (Lipinski definition) is 8. The third-order valence-corrected chi connectivity index (χ3v) is 9.72. The van der Waals surface area contributed by atoms with Crippen LogP contribution < -0.4 is 14.8 Å². The zero-order valence-electron chi connectivity index (χ0n) is 28.2. The number of aromatic nitrogens is 2. The van der Waals surface area contributed by atoms with Crippen molar-refractivity contribution in [3.8, 4) is 17.1 Å². The molecule has 5 rings (SSSR count). The van der Waals surface area contributed by atoms with Crippen LogP contribution in [0.2, 0.25) is 0 Å². The first kappa shape index (κ1) is 34.2. The quantitative estimate of drug-likeness (QED) is 0.322. The number of rotatable bonds is 6. The van der Waals surface area contributed by atoms with Crippen molar-refractivity contribution in [2.24, 2.45) is 11.8 Å². The molecule has 2 N–H and O–H groups in total. The fourth-order valence-electron chi connectivity index (χ4n) is 6.27. The number of anilines is 1. The Bertz CT molecular complexity index is 1730. The van der Waals surface area contributed by atoms with Crippen LogP contribution in [-0.2, 0) is 14.8 Å². The molecule has 0 spiro atoms. The van der Waals surface area contributed by atoms with Crippen molar-refractivity contribution in [3.05, 3.63) is 65.2 Å². The van der Waals surface area contributed by atoms with Gasteiger partial charge < -0.3 is 19.7 Å². The van der Waals surface area contributed by atoms with Gasteiger partial charge in [-0.05, 0) is 95.0 Å². The van der Waals surface area contributed by atoms with E-state index in [9.17, 15) is 18.0 Å². The van der Waals surface area contributed by atoms with E-state index in [0.29, 0.717) is 31.5 Å². The van der Waals surface area contributed by atoms with Crippen molar-refractivity contribution in [2.45, 2.75) is 90.3 Å². The van der Waals surface area contributed by atoms with Crippen molar-refractivity contribution in [2.75, 3.05) is 17.9 Å². The summed E-state index contributed by atoms with van der Waals surface area (Å²) in [4.78, 5) is 37.4. The summed E-state index contributed by atoms with van der Waals surface area (Å²) in [6.07, 6.45) is 1.52. The summed E-state index contributed by atoms with van der Waals surface area (Å²) in [5.74, 6) is 0.209. The lowest BCUT2D eigenvalue weighted by Crippen LogP contribution is -2.56. The van der Waals surface area contributed by atoms with Crippen LogP contribution in [0.4, 0.5) is 10.7 Å². The summed E-state index contributed by atoms with van der Waals surface area (Å²) >= 11 is 0. The van der Waals surface area contributed by atoms with Gasteiger partial charge in [-0.1, -0.05) is 38.1 Å². The van der Waals surface area contributed by atoms with Crippen molar-refractivity contribution < 1.29 is 27.5 Å². The van der Waals surface area contributed by atoms with Crippen LogP contribution in [0.15, 0.2) is 53.4 Å². The highest BCUT2D eigenvalue weighted by Crippen LogP contribution is 2.36. The molecular weight excluding hydrogens is 618 g/mol. The number of benzene rings is 2. The lowest BCUT2D eigenvalue weighted by Gasteiger charge is -2.47. The highest BCUT2D eigenvalue weighted by molar-refractivity contribution is 7.92. The molecule has 2 aromatic carbocycles. The summed E-state index contributed by atoms with van der Waals surface area (Å²) < 4.78 is 41.4. The maximum absolute atomic E-state index is 14.3. The molecule has 1 aromatic heterocycles. The van der Waals surface area contributed by atoms with Crippen LogP contribution >= 0.6 is 0 Å². The molecule has 11 nitrogen and oxygen atoms in total. The maximum atomic E-state index is 14.3. The van der Waals surface area contributed by atoms with Crippen molar-refractivity contribution in [1.82, 2.24) is 20.2 Å². The smallest absolute Gasteiger partial charge is 0.407 e. The summed E-state index contributed by atoms with van der Waals surface area (Å²) in [7, 11) is -4.15. The van der Waals surface area contributed by atoms with Crippen molar-refractivity contribution in [3.63, 3.8) is 0 Å². The van der Waals surface area contributed by atoms with E-state index >= 15 is 0 Å². The summed E-state index contributed by atoms with van der Waals surface area (Å²) in [6.45, 7) is 14.2. The Morgan fingerprint density at radius 3 is 2.43 bits per heavy atom. The summed E-state index contributed by atoms with van der Waals surface area (Å²) in [5, 5.41) is 2.85. The first-order chi connectivity index (χ1) is 22.1. The summed E-state index contributed by atoms with van der Waals surface area (Å²) in [5.41, 5.74) is 3.01. The molecule has 2 amide bonds. The molecule has 1 saturated carbocycles. The van der Waals surface area contributed by atoms with E-state index in [4.69, 9.17) is 9.47 Å². The number of ether oxygens (including phenoxy) is 2. The van der Waals surface area contributed by atoms with E-state index in [2.05, 4.69) is 33.9 Å². The molecule has 2 heterocycles. The molecule has 1 atom stereocenters. The molecule has 0 saturated heterocycles. The Kier molecular flexibility index (Phi) is 9.81. The second kappa shape index (κ2) is 13.5. The van der Waals surface area contributed by atoms with E-state index < -0.39 is 21.7 Å². The number of nitrogens with zero attached hydrogens (tertiary/aromatic N) is 3. The predicted molar refractivity (Wildman–Crippen MR) is 180 cm³/mol. The number of carbonyl (C=O) groups is 2. The number of fused-ring (bicyclic) bond motifs is 4. The Hall–Kier alpha value is -4.19. The third kappa shape index (κ3) is 8.22. The number of carbonyl (C=O) groups excluding carboxylic acids is 2. The lowest BCUT2D eigenvalue weighted by atomic mass is 9.78. The Balaban J connectivity index is 1.51. The minimum Gasteiger partial charge on any atom is -0.475 e. The van der Waals surface area contributed by atoms with Crippen LogP contribution in [0.25, 0.3) is 11.3 Å². The van der Waals surface area contributed by atoms with E-state index in [-0.39, 0.29) is 58.7 Å². The molecule has 252 valence electrons. The highest BCUT2D eigenvalue weighted by Gasteiger charge is 2.41. The van der Waals surface area contributed by atoms with Gasteiger partial charge in [-0.15, -0.1) is 0 Å². The van der Waals surface area contributed by atoms with Crippen molar-refractivity contribution in [1.29, 1.82) is 0 Å². The largest absolute Gasteiger partial charge is 0.475 e. The molecule has 4 bridgehead atoms. The number of sulfonamides is 1. The van der Waals surface area contributed by atoms with Crippen LogP contribution in [0.1, 0.15) is 75.4 Å². The minimum atomic E-state index is -4.15. The van der Waals surface area contributed by atoms with E-state index in [1.165, 1.54) is 12.1 Å². The molecule has 2 aliphatic rings. The normalized spacial score (nSPS) is 20.9. The number of amides is 2. The Morgan fingerprint density at radius 1 is 1.09 bits per heavy atom. The molecule has 1 aliphatic carbocycles. The molecule has 0 radical (unpaired) electrons. The van der Waals surface area contributed by atoms with Crippen molar-refractivity contribution >= 4 is 28.0 Å². The van der Waals surface area contributed by atoms with Crippen LogP contribution in [0.3, 0.4) is 0 Å². The van der Waals surface area contributed by atoms with E-state index in [1.54, 1.807) is 18.2 Å². The molecule has 0 unspecified atom stereocenters. The van der Waals surface area contributed by atoms with Gasteiger partial charge in [0.25, 0.3) is 15.9 Å². The van der Waals surface area contributed by atoms with Gasteiger partial charge in [0, 0.05) is 29.8 Å². The zero-order valence-corrected chi connectivity index (χ0v) is 29.0. The number of alkyl carbamates (subject to hydrolysis) is 1. The molecule has 12 heteroatoms. The fourth-order valence-corrected chi connectivity index (χ4v) is 7.26. The number of nitrogens with one attached hydrogen (secondary N) is 2. The highest BCUT2D eigenvalue weighted by atomic mass is 32.2. The monoisotopic (exact) mass is 663 g/mol. The molecule has 3 aromatic rings. The maximum Gasteiger partial charge on any atom is 0.407 e. The third-order valence-electron chi connectivity index (χ3n) is 8.39. The van der Waals surface area contributed by atoms with E-state index in [1.807, 2.05) is 57.7 Å². The summed E-state index contributed by atoms with van der Waals surface area (Å²) in [6, 6.07) is 13.2. The molecule has 1 aliphatic heterocycles. The van der Waals surface area contributed by atoms with Gasteiger partial charge >= 0.3 is 6.09 Å². The molecule has 1 fully saturated rings. The van der Waals surface area contributed by atoms with Crippen LogP contribution in [0, 0.1) is 25.7 Å². The number of hydrogen-bond donors (Lipinski definition) is 2. The Labute approximate surface area is 277 Å². The topological polar surface area (TPSA) is 140 Å². The average Bonchev–Trinajstić information content (AvgIpc) is 2.94. The van der Waals surface area contributed by atoms with Gasteiger partial charge in [-0.25, -0.2) is 22.9 Å². The SMILES string of the molecule is Cc1cccc(C)c1-c1cc2nc(n1)NS(=O)(=O)c1cccc(c1)C(=O)N(C1CC(CNC(=O)OC(C)(C)C)C1)[C@H](CC(C)C)CO2. The second-order valence-electron chi connectivity index (χ2n) is 14.0. The lowest BCUT2D eigenvalue weighted by molar-refractivity contribution is 0.0127. The van der Waals surface area contributed by atoms with Gasteiger partial charge in [0.1, 0.15) is 12.2 Å². The Morgan fingerprint density at radius 2 is 1.77 bits per heavy atom. The van der Waals surface area contributed by atoms with Gasteiger partial charge in [0.05, 0.1) is 16.6 Å². The first-order valence-corrected chi connectivity index (χ1v) is 17.6. The van der Waals surface area contributed by atoms with Crippen LogP contribution in [-0.4, -0.2) is 66.1 Å². The fraction of sp³-hybridized carbons (Fsp3) is 0.486. The number of aryl methyl sites for hydroxylation is 2. The second-order valence-corrected chi connectivity index (χ2v) is 15.7. The average molecular weight is 664 g/mol. The van der Waals surface area contributed by atoms with Gasteiger partial charge in [0.15, 0.2) is 0 Å².